The maximum atomic E-state index is 6.20. The summed E-state index contributed by atoms with van der Waals surface area (Å²) in [6.07, 6.45) is 4.26. The van der Waals surface area contributed by atoms with E-state index < -0.39 is 0 Å². The van der Waals surface area contributed by atoms with E-state index in [1.54, 1.807) is 0 Å². The van der Waals surface area contributed by atoms with E-state index in [1.807, 2.05) is 10.9 Å². The topological polar surface area (TPSA) is 47.1 Å². The Morgan fingerprint density at radius 1 is 1.22 bits per heavy atom. The van der Waals surface area contributed by atoms with E-state index in [1.165, 1.54) is 12.8 Å². The first-order valence-electron chi connectivity index (χ1n) is 6.95. The van der Waals surface area contributed by atoms with Gasteiger partial charge in [-0.25, -0.2) is 4.68 Å². The third-order valence-corrected chi connectivity index (χ3v) is 3.00. The highest BCUT2D eigenvalue weighted by Gasteiger charge is 2.19. The fourth-order valence-corrected chi connectivity index (χ4v) is 2.19. The van der Waals surface area contributed by atoms with Gasteiger partial charge in [0.25, 0.3) is 0 Å². The van der Waals surface area contributed by atoms with Crippen LogP contribution in [0, 0.1) is 0 Å². The van der Waals surface area contributed by atoms with Crippen molar-refractivity contribution < 1.29 is 0 Å². The molecule has 1 aromatic rings. The first-order valence-corrected chi connectivity index (χ1v) is 6.95. The number of hydrogen-bond acceptors (Lipinski definition) is 3. The highest BCUT2D eigenvalue weighted by atomic mass is 15.3. The lowest BCUT2D eigenvalue weighted by Gasteiger charge is -2.23. The van der Waals surface area contributed by atoms with Crippen LogP contribution >= 0.6 is 0 Å². The molecular weight excluding hydrogens is 224 g/mol. The summed E-state index contributed by atoms with van der Waals surface area (Å²) >= 11 is 0. The first kappa shape index (κ1) is 15.0. The first-order chi connectivity index (χ1) is 8.40. The van der Waals surface area contributed by atoms with Gasteiger partial charge in [-0.15, -0.1) is 0 Å². The maximum absolute atomic E-state index is 6.20. The quantitative estimate of drug-likeness (QED) is 0.847. The third kappa shape index (κ3) is 3.73. The maximum Gasteiger partial charge on any atom is 0.126 e. The lowest BCUT2D eigenvalue weighted by molar-refractivity contribution is 0.266. The minimum atomic E-state index is -0.0529. The second-order valence-electron chi connectivity index (χ2n) is 5.91. The predicted molar refractivity (Wildman–Crippen MR) is 77.5 cm³/mol. The Morgan fingerprint density at radius 2 is 1.78 bits per heavy atom. The van der Waals surface area contributed by atoms with Crippen LogP contribution in [0.5, 0.6) is 0 Å². The lowest BCUT2D eigenvalue weighted by atomic mass is 10.1. The minimum absolute atomic E-state index is 0.0529. The number of nitrogens with zero attached hydrogens (tertiary/aromatic N) is 3. The van der Waals surface area contributed by atoms with Gasteiger partial charge in [-0.3, -0.25) is 4.90 Å². The standard InChI is InChI=1S/C14H28N4/c1-6-8-17(9-7-2)11-12-10-16-18(13(12)15)14(3,4)5/h10H,6-9,11,15H2,1-5H3. The van der Waals surface area contributed by atoms with E-state index in [9.17, 15) is 0 Å². The summed E-state index contributed by atoms with van der Waals surface area (Å²) in [5, 5.41) is 4.43. The van der Waals surface area contributed by atoms with Gasteiger partial charge in [0.05, 0.1) is 11.7 Å². The molecule has 2 N–H and O–H groups in total. The molecular formula is C14H28N4. The summed E-state index contributed by atoms with van der Waals surface area (Å²) < 4.78 is 1.92. The van der Waals surface area contributed by atoms with E-state index in [-0.39, 0.29) is 5.54 Å². The van der Waals surface area contributed by atoms with Crippen LogP contribution in [-0.2, 0) is 12.1 Å². The number of aromatic nitrogens is 2. The molecule has 0 saturated carbocycles. The van der Waals surface area contributed by atoms with Gasteiger partial charge in [0, 0.05) is 12.1 Å². The summed E-state index contributed by atoms with van der Waals surface area (Å²) in [5.41, 5.74) is 7.30. The van der Waals surface area contributed by atoms with Crippen LogP contribution in [0.15, 0.2) is 6.20 Å². The molecule has 0 aliphatic carbocycles. The molecule has 1 aromatic heterocycles. The van der Waals surface area contributed by atoms with E-state index in [0.29, 0.717) is 0 Å². The van der Waals surface area contributed by atoms with Gasteiger partial charge >= 0.3 is 0 Å². The molecule has 4 nitrogen and oxygen atoms in total. The molecule has 4 heteroatoms. The molecule has 1 rings (SSSR count). The molecule has 0 fully saturated rings. The molecule has 0 aliphatic rings. The van der Waals surface area contributed by atoms with Gasteiger partial charge in [-0.1, -0.05) is 13.8 Å². The van der Waals surface area contributed by atoms with Crippen molar-refractivity contribution in [2.45, 2.75) is 59.5 Å². The van der Waals surface area contributed by atoms with Crippen molar-refractivity contribution in [1.29, 1.82) is 0 Å². The molecule has 0 aromatic carbocycles. The number of anilines is 1. The van der Waals surface area contributed by atoms with Gasteiger partial charge in [0.15, 0.2) is 0 Å². The monoisotopic (exact) mass is 252 g/mol. The van der Waals surface area contributed by atoms with Crippen LogP contribution in [-0.4, -0.2) is 27.8 Å². The molecule has 0 atom stereocenters. The van der Waals surface area contributed by atoms with Crippen LogP contribution in [0.4, 0.5) is 5.82 Å². The minimum Gasteiger partial charge on any atom is -0.384 e. The summed E-state index contributed by atoms with van der Waals surface area (Å²) in [7, 11) is 0. The van der Waals surface area contributed by atoms with Gasteiger partial charge < -0.3 is 5.73 Å². The Morgan fingerprint density at radius 3 is 2.17 bits per heavy atom. The molecule has 0 bridgehead atoms. The Bertz CT molecular complexity index is 356. The Balaban J connectivity index is 2.81. The number of rotatable bonds is 6. The van der Waals surface area contributed by atoms with Crippen molar-refractivity contribution in [3.8, 4) is 0 Å². The van der Waals surface area contributed by atoms with E-state index in [0.717, 1.165) is 31.0 Å². The highest BCUT2D eigenvalue weighted by molar-refractivity contribution is 5.39. The van der Waals surface area contributed by atoms with Gasteiger partial charge in [0.1, 0.15) is 5.82 Å². The second-order valence-corrected chi connectivity index (χ2v) is 5.91. The molecule has 0 unspecified atom stereocenters. The molecule has 0 amide bonds. The highest BCUT2D eigenvalue weighted by Crippen LogP contribution is 2.22. The van der Waals surface area contributed by atoms with Crippen LogP contribution in [0.2, 0.25) is 0 Å². The van der Waals surface area contributed by atoms with Gasteiger partial charge in [0.2, 0.25) is 0 Å². The summed E-state index contributed by atoms with van der Waals surface area (Å²) in [6, 6.07) is 0. The molecule has 104 valence electrons. The van der Waals surface area contributed by atoms with Crippen molar-refractivity contribution in [2.75, 3.05) is 18.8 Å². The summed E-state index contributed by atoms with van der Waals surface area (Å²) in [6.45, 7) is 13.9. The zero-order valence-corrected chi connectivity index (χ0v) is 12.5. The fraction of sp³-hybridized carbons (Fsp3) is 0.786. The number of nitrogens with two attached hydrogens (primary N) is 1. The van der Waals surface area contributed by atoms with Crippen molar-refractivity contribution in [3.63, 3.8) is 0 Å². The lowest BCUT2D eigenvalue weighted by Crippen LogP contribution is -2.27. The average Bonchev–Trinajstić information content (AvgIpc) is 2.60. The molecule has 0 spiro atoms. The van der Waals surface area contributed by atoms with Crippen molar-refractivity contribution >= 4 is 5.82 Å². The van der Waals surface area contributed by atoms with Gasteiger partial charge in [-0.2, -0.15) is 5.10 Å². The molecule has 0 saturated heterocycles. The normalized spacial score (nSPS) is 12.3. The van der Waals surface area contributed by atoms with E-state index in [4.69, 9.17) is 5.73 Å². The second kappa shape index (κ2) is 6.23. The average molecular weight is 252 g/mol. The number of hydrogen-bond donors (Lipinski definition) is 1. The smallest absolute Gasteiger partial charge is 0.126 e. The largest absolute Gasteiger partial charge is 0.384 e. The van der Waals surface area contributed by atoms with Crippen molar-refractivity contribution in [3.05, 3.63) is 11.8 Å². The van der Waals surface area contributed by atoms with E-state index in [2.05, 4.69) is 44.6 Å². The van der Waals surface area contributed by atoms with Crippen molar-refractivity contribution in [1.82, 2.24) is 14.7 Å². The molecule has 0 radical (unpaired) electrons. The van der Waals surface area contributed by atoms with Crippen LogP contribution in [0.1, 0.15) is 53.0 Å². The molecule has 0 aliphatic heterocycles. The Labute approximate surface area is 111 Å². The zero-order chi connectivity index (χ0) is 13.8. The summed E-state index contributed by atoms with van der Waals surface area (Å²) in [5.74, 6) is 0.805. The zero-order valence-electron chi connectivity index (χ0n) is 12.5. The van der Waals surface area contributed by atoms with Crippen molar-refractivity contribution in [2.24, 2.45) is 0 Å². The fourth-order valence-electron chi connectivity index (χ4n) is 2.19. The van der Waals surface area contributed by atoms with Crippen LogP contribution < -0.4 is 5.73 Å². The molecule has 1 heterocycles. The van der Waals surface area contributed by atoms with Crippen LogP contribution in [0.25, 0.3) is 0 Å². The SMILES string of the molecule is CCCN(CCC)Cc1cnn(C(C)(C)C)c1N. The molecule has 18 heavy (non-hydrogen) atoms. The van der Waals surface area contributed by atoms with Crippen LogP contribution in [0.3, 0.4) is 0 Å². The van der Waals surface area contributed by atoms with Gasteiger partial charge in [-0.05, 0) is 46.7 Å². The summed E-state index contributed by atoms with van der Waals surface area (Å²) in [4.78, 5) is 2.44. The Kier molecular flexibility index (Phi) is 5.20. The third-order valence-electron chi connectivity index (χ3n) is 3.00. The predicted octanol–water partition coefficient (Wildman–Crippen LogP) is 2.84. The number of nitrogen functional groups attached to an aromatic ring is 1. The Hall–Kier alpha value is -1.03. The van der Waals surface area contributed by atoms with E-state index >= 15 is 0 Å².